The summed E-state index contributed by atoms with van der Waals surface area (Å²) in [5.41, 5.74) is 3.71. The molecule has 5 heteroatoms. The Kier molecular flexibility index (Phi) is 6.14. The normalized spacial score (nSPS) is 19.6. The Morgan fingerprint density at radius 2 is 1.86 bits per heavy atom. The van der Waals surface area contributed by atoms with Crippen molar-refractivity contribution in [1.29, 1.82) is 0 Å². The summed E-state index contributed by atoms with van der Waals surface area (Å²) in [6, 6.07) is 14.8. The summed E-state index contributed by atoms with van der Waals surface area (Å²) in [6.45, 7) is 8.86. The van der Waals surface area contributed by atoms with E-state index in [4.69, 9.17) is 0 Å². The molecule has 2 amide bonds. The van der Waals surface area contributed by atoms with Crippen LogP contribution in [-0.4, -0.2) is 53.5 Å². The Morgan fingerprint density at radius 3 is 2.55 bits per heavy atom. The number of aryl methyl sites for hydroxylation is 1. The van der Waals surface area contributed by atoms with Crippen molar-refractivity contribution in [3.63, 3.8) is 0 Å². The first-order valence-corrected chi connectivity index (χ1v) is 10.8. The van der Waals surface area contributed by atoms with Crippen LogP contribution < -0.4 is 5.32 Å². The molecule has 0 aliphatic carbocycles. The number of nitrogens with zero attached hydrogens (tertiary/aromatic N) is 3. The zero-order chi connectivity index (χ0) is 20.2. The Morgan fingerprint density at radius 1 is 1.14 bits per heavy atom. The minimum absolute atomic E-state index is 0.0427. The van der Waals surface area contributed by atoms with Gasteiger partial charge in [0.25, 0.3) is 0 Å². The second kappa shape index (κ2) is 8.95. The highest BCUT2D eigenvalue weighted by Gasteiger charge is 2.33. The van der Waals surface area contributed by atoms with Crippen molar-refractivity contribution in [2.45, 2.75) is 38.6 Å². The topological polar surface area (TPSA) is 48.5 Å². The second-order valence-corrected chi connectivity index (χ2v) is 8.63. The summed E-state index contributed by atoms with van der Waals surface area (Å²) in [5, 5.41) is 3.22. The lowest BCUT2D eigenvalue weighted by Gasteiger charge is -2.40. The zero-order valence-electron chi connectivity index (χ0n) is 17.6. The van der Waals surface area contributed by atoms with Gasteiger partial charge in [0.05, 0.1) is 6.04 Å². The number of likely N-dealkylation sites (tertiary alicyclic amines) is 2. The predicted octanol–water partition coefficient (Wildman–Crippen LogP) is 3.97. The third-order valence-corrected chi connectivity index (χ3v) is 6.53. The summed E-state index contributed by atoms with van der Waals surface area (Å²) in [6.07, 6.45) is 4.28. The van der Waals surface area contributed by atoms with Crippen molar-refractivity contribution in [2.75, 3.05) is 32.7 Å². The fourth-order valence-electron chi connectivity index (χ4n) is 4.48. The SMILES string of the molecule is Cc1ccccc1C(CNC(=O)N1CC(c2ccccn2)C1)N1CCC(C)CC1. The number of benzene rings is 1. The summed E-state index contributed by atoms with van der Waals surface area (Å²) < 4.78 is 0. The zero-order valence-corrected chi connectivity index (χ0v) is 17.6. The van der Waals surface area contributed by atoms with Gasteiger partial charge in [-0.25, -0.2) is 4.79 Å². The van der Waals surface area contributed by atoms with Gasteiger partial charge in [-0.05, 0) is 62.0 Å². The van der Waals surface area contributed by atoms with Crippen LogP contribution in [0.25, 0.3) is 0 Å². The van der Waals surface area contributed by atoms with Crippen LogP contribution in [0, 0.1) is 12.8 Å². The Bertz CT molecular complexity index is 811. The molecule has 1 unspecified atom stereocenters. The molecule has 0 radical (unpaired) electrons. The number of rotatable bonds is 5. The molecule has 5 nitrogen and oxygen atoms in total. The predicted molar refractivity (Wildman–Crippen MR) is 116 cm³/mol. The van der Waals surface area contributed by atoms with Gasteiger partial charge in [-0.1, -0.05) is 37.3 Å². The number of hydrogen-bond donors (Lipinski definition) is 1. The highest BCUT2D eigenvalue weighted by molar-refractivity contribution is 5.75. The lowest BCUT2D eigenvalue weighted by atomic mass is 9.94. The minimum Gasteiger partial charge on any atom is -0.336 e. The molecule has 0 saturated carbocycles. The fraction of sp³-hybridized carbons (Fsp3) is 0.500. The molecule has 154 valence electrons. The lowest BCUT2D eigenvalue weighted by molar-refractivity contribution is 0.124. The van der Waals surface area contributed by atoms with Gasteiger partial charge < -0.3 is 10.2 Å². The monoisotopic (exact) mass is 392 g/mol. The molecular weight excluding hydrogens is 360 g/mol. The molecule has 2 aromatic rings. The molecule has 1 atom stereocenters. The Labute approximate surface area is 174 Å². The molecule has 2 fully saturated rings. The first-order valence-electron chi connectivity index (χ1n) is 10.8. The van der Waals surface area contributed by atoms with Crippen LogP contribution in [0.1, 0.15) is 48.5 Å². The first kappa shape index (κ1) is 19.9. The van der Waals surface area contributed by atoms with Crippen LogP contribution in [0.4, 0.5) is 4.79 Å². The summed E-state index contributed by atoms with van der Waals surface area (Å²) in [5.74, 6) is 1.15. The average molecular weight is 393 g/mol. The molecule has 2 aliphatic heterocycles. The maximum Gasteiger partial charge on any atom is 0.317 e. The highest BCUT2D eigenvalue weighted by atomic mass is 16.2. The standard InChI is InChI=1S/C24H32N4O/c1-18-10-13-27(14-11-18)23(21-8-4-3-7-19(21)2)15-26-24(29)28-16-20(17-28)22-9-5-6-12-25-22/h3-9,12,18,20,23H,10-11,13-17H2,1-2H3,(H,26,29). The van der Waals surface area contributed by atoms with Gasteiger partial charge in [0, 0.05) is 37.4 Å². The maximum absolute atomic E-state index is 12.7. The number of amides is 2. The molecule has 0 spiro atoms. The van der Waals surface area contributed by atoms with E-state index in [-0.39, 0.29) is 12.1 Å². The van der Waals surface area contributed by atoms with Gasteiger partial charge in [0.2, 0.25) is 0 Å². The third-order valence-electron chi connectivity index (χ3n) is 6.53. The number of urea groups is 1. The minimum atomic E-state index is 0.0427. The molecule has 1 N–H and O–H groups in total. The summed E-state index contributed by atoms with van der Waals surface area (Å²) >= 11 is 0. The van der Waals surface area contributed by atoms with E-state index >= 15 is 0 Å². The molecule has 0 bridgehead atoms. The summed E-state index contributed by atoms with van der Waals surface area (Å²) in [7, 11) is 0. The molecule has 4 rings (SSSR count). The van der Waals surface area contributed by atoms with Gasteiger partial charge in [0.1, 0.15) is 0 Å². The number of aromatic nitrogens is 1. The first-order chi connectivity index (χ1) is 14.1. The van der Waals surface area contributed by atoms with Gasteiger partial charge in [0.15, 0.2) is 0 Å². The van der Waals surface area contributed by atoms with E-state index in [1.165, 1.54) is 24.0 Å². The van der Waals surface area contributed by atoms with Crippen LogP contribution in [0.3, 0.4) is 0 Å². The van der Waals surface area contributed by atoms with Crippen molar-refractivity contribution in [1.82, 2.24) is 20.1 Å². The fourth-order valence-corrected chi connectivity index (χ4v) is 4.48. The van der Waals surface area contributed by atoms with Gasteiger partial charge in [-0.2, -0.15) is 0 Å². The van der Waals surface area contributed by atoms with Gasteiger partial charge in [-0.3, -0.25) is 9.88 Å². The maximum atomic E-state index is 12.7. The van der Waals surface area contributed by atoms with Gasteiger partial charge >= 0.3 is 6.03 Å². The lowest BCUT2D eigenvalue weighted by Crippen LogP contribution is -2.54. The largest absolute Gasteiger partial charge is 0.336 e. The Balaban J connectivity index is 1.37. The number of piperidine rings is 1. The van der Waals surface area contributed by atoms with Crippen molar-refractivity contribution >= 4 is 6.03 Å². The van der Waals surface area contributed by atoms with Gasteiger partial charge in [-0.15, -0.1) is 0 Å². The van der Waals surface area contributed by atoms with E-state index < -0.39 is 0 Å². The van der Waals surface area contributed by atoms with Crippen molar-refractivity contribution < 1.29 is 4.79 Å². The molecule has 1 aromatic heterocycles. The molecule has 2 saturated heterocycles. The van der Waals surface area contributed by atoms with Crippen molar-refractivity contribution in [2.24, 2.45) is 5.92 Å². The average Bonchev–Trinajstić information content (AvgIpc) is 2.70. The molecule has 29 heavy (non-hydrogen) atoms. The van der Waals surface area contributed by atoms with Crippen LogP contribution in [-0.2, 0) is 0 Å². The van der Waals surface area contributed by atoms with E-state index in [1.54, 1.807) is 0 Å². The van der Waals surface area contributed by atoms with Crippen LogP contribution in [0.2, 0.25) is 0 Å². The highest BCUT2D eigenvalue weighted by Crippen LogP contribution is 2.29. The molecule has 1 aromatic carbocycles. The van der Waals surface area contributed by atoms with Crippen LogP contribution in [0.15, 0.2) is 48.7 Å². The number of pyridine rings is 1. The van der Waals surface area contributed by atoms with Crippen LogP contribution >= 0.6 is 0 Å². The second-order valence-electron chi connectivity index (χ2n) is 8.63. The quantitative estimate of drug-likeness (QED) is 0.838. The van der Waals surface area contributed by atoms with E-state index in [0.29, 0.717) is 12.5 Å². The number of carbonyl (C=O) groups is 1. The van der Waals surface area contributed by atoms with E-state index in [0.717, 1.165) is 37.8 Å². The van der Waals surface area contributed by atoms with Crippen molar-refractivity contribution in [3.8, 4) is 0 Å². The number of nitrogens with one attached hydrogen (secondary N) is 1. The van der Waals surface area contributed by atoms with E-state index in [9.17, 15) is 4.79 Å². The third kappa shape index (κ3) is 4.61. The number of hydrogen-bond acceptors (Lipinski definition) is 3. The van der Waals surface area contributed by atoms with Crippen LogP contribution in [0.5, 0.6) is 0 Å². The molecular formula is C24H32N4O. The smallest absolute Gasteiger partial charge is 0.317 e. The Hall–Kier alpha value is -2.40. The molecule has 2 aliphatic rings. The van der Waals surface area contributed by atoms with Crippen molar-refractivity contribution in [3.05, 3.63) is 65.5 Å². The van der Waals surface area contributed by atoms with E-state index in [1.807, 2.05) is 29.3 Å². The number of carbonyl (C=O) groups excluding carboxylic acids is 1. The molecule has 3 heterocycles. The van der Waals surface area contributed by atoms with E-state index in [2.05, 4.69) is 53.3 Å². The summed E-state index contributed by atoms with van der Waals surface area (Å²) in [4.78, 5) is 21.6.